The van der Waals surface area contributed by atoms with Crippen LogP contribution in [0.5, 0.6) is 0 Å². The van der Waals surface area contributed by atoms with Crippen molar-refractivity contribution in [2.24, 2.45) is 5.92 Å². The van der Waals surface area contributed by atoms with E-state index in [-0.39, 0.29) is 5.91 Å². The first-order valence-corrected chi connectivity index (χ1v) is 8.99. The van der Waals surface area contributed by atoms with Crippen molar-refractivity contribution in [2.75, 3.05) is 6.54 Å². The number of nitrogens with one attached hydrogen (secondary N) is 1. The molecule has 0 aliphatic heterocycles. The van der Waals surface area contributed by atoms with Crippen LogP contribution in [0, 0.1) is 5.92 Å². The maximum atomic E-state index is 12.1. The highest BCUT2D eigenvalue weighted by Gasteiger charge is 2.37. The van der Waals surface area contributed by atoms with Crippen molar-refractivity contribution in [2.45, 2.75) is 25.2 Å². The molecule has 5 nitrogen and oxygen atoms in total. The zero-order valence-electron chi connectivity index (χ0n) is 14.5. The molecule has 1 N–H and O–H groups in total. The minimum Gasteiger partial charge on any atom is -0.421 e. The normalized spacial score (nSPS) is 18.5. The second-order valence-corrected chi connectivity index (χ2v) is 6.68. The Morgan fingerprint density at radius 3 is 2.54 bits per heavy atom. The third kappa shape index (κ3) is 3.99. The minimum atomic E-state index is 0.0307. The molecule has 0 bridgehead atoms. The van der Waals surface area contributed by atoms with Crippen LogP contribution >= 0.6 is 0 Å². The fourth-order valence-electron chi connectivity index (χ4n) is 3.19. The Morgan fingerprint density at radius 2 is 1.77 bits per heavy atom. The fourth-order valence-corrected chi connectivity index (χ4v) is 3.19. The summed E-state index contributed by atoms with van der Waals surface area (Å²) in [6.07, 6.45) is 1.96. The van der Waals surface area contributed by atoms with E-state index in [0.717, 1.165) is 18.5 Å². The molecule has 4 rings (SSSR count). The van der Waals surface area contributed by atoms with Gasteiger partial charge in [-0.2, -0.15) is 0 Å². The Balaban J connectivity index is 1.21. The Morgan fingerprint density at radius 1 is 1.04 bits per heavy atom. The maximum absolute atomic E-state index is 12.1. The van der Waals surface area contributed by atoms with E-state index in [1.54, 1.807) is 0 Å². The summed E-state index contributed by atoms with van der Waals surface area (Å²) in [5, 5.41) is 11.1. The molecule has 5 heteroatoms. The van der Waals surface area contributed by atoms with Gasteiger partial charge in [0.05, 0.1) is 0 Å². The SMILES string of the molecule is O=C(CCc1nnc(-c2ccccc2)o1)NC[C@@H]1C[C@H]1c1ccccc1. The molecule has 3 aromatic rings. The largest absolute Gasteiger partial charge is 0.421 e. The highest BCUT2D eigenvalue weighted by atomic mass is 16.4. The molecule has 0 saturated heterocycles. The summed E-state index contributed by atoms with van der Waals surface area (Å²) in [6.45, 7) is 0.734. The average molecular weight is 347 g/mol. The van der Waals surface area contributed by atoms with Crippen LogP contribution in [0.25, 0.3) is 11.5 Å². The number of benzene rings is 2. The third-order valence-corrected chi connectivity index (χ3v) is 4.77. The molecule has 0 spiro atoms. The van der Waals surface area contributed by atoms with Crippen LogP contribution in [0.3, 0.4) is 0 Å². The second kappa shape index (κ2) is 7.52. The fraction of sp³-hybridized carbons (Fsp3) is 0.286. The van der Waals surface area contributed by atoms with Crippen LogP contribution in [0.2, 0.25) is 0 Å². The number of hydrogen-bond acceptors (Lipinski definition) is 4. The van der Waals surface area contributed by atoms with Gasteiger partial charge in [0.1, 0.15) is 0 Å². The monoisotopic (exact) mass is 347 g/mol. The number of aryl methyl sites for hydroxylation is 1. The molecular weight excluding hydrogens is 326 g/mol. The average Bonchev–Trinajstić information content (AvgIpc) is 3.33. The smallest absolute Gasteiger partial charge is 0.247 e. The number of amides is 1. The van der Waals surface area contributed by atoms with Crippen molar-refractivity contribution in [1.29, 1.82) is 0 Å². The molecular formula is C21H21N3O2. The number of hydrogen-bond donors (Lipinski definition) is 1. The van der Waals surface area contributed by atoms with Gasteiger partial charge in [-0.1, -0.05) is 48.5 Å². The summed E-state index contributed by atoms with van der Waals surface area (Å²) < 4.78 is 5.63. The Bertz CT molecular complexity index is 861. The van der Waals surface area contributed by atoms with Gasteiger partial charge in [-0.25, -0.2) is 0 Å². The quantitative estimate of drug-likeness (QED) is 0.709. The standard InChI is InChI=1S/C21H21N3O2/c25-19(22-14-17-13-18(17)15-7-3-1-4-8-15)11-12-20-23-24-21(26-20)16-9-5-2-6-10-16/h1-10,17-18H,11-14H2,(H,22,25)/t17-,18-/m0/s1. The summed E-state index contributed by atoms with van der Waals surface area (Å²) in [4.78, 5) is 12.1. The lowest BCUT2D eigenvalue weighted by molar-refractivity contribution is -0.121. The number of carbonyl (C=O) groups excluding carboxylic acids is 1. The molecule has 1 aliphatic carbocycles. The molecule has 2 aromatic carbocycles. The lowest BCUT2D eigenvalue weighted by Gasteiger charge is -2.04. The van der Waals surface area contributed by atoms with E-state index in [1.165, 1.54) is 5.56 Å². The number of carbonyl (C=O) groups is 1. The zero-order chi connectivity index (χ0) is 17.8. The molecule has 1 saturated carbocycles. The molecule has 1 fully saturated rings. The van der Waals surface area contributed by atoms with Crippen LogP contribution in [-0.4, -0.2) is 22.6 Å². The first kappa shape index (κ1) is 16.5. The van der Waals surface area contributed by atoms with Gasteiger partial charge in [-0.15, -0.1) is 10.2 Å². The van der Waals surface area contributed by atoms with Gasteiger partial charge < -0.3 is 9.73 Å². The molecule has 1 heterocycles. The van der Waals surface area contributed by atoms with E-state index >= 15 is 0 Å². The lowest BCUT2D eigenvalue weighted by atomic mass is 10.1. The first-order chi connectivity index (χ1) is 12.8. The first-order valence-electron chi connectivity index (χ1n) is 8.99. The van der Waals surface area contributed by atoms with Gasteiger partial charge in [0, 0.05) is 24.9 Å². The third-order valence-electron chi connectivity index (χ3n) is 4.77. The van der Waals surface area contributed by atoms with Crippen LogP contribution in [0.1, 0.15) is 30.2 Å². The highest BCUT2D eigenvalue weighted by molar-refractivity contribution is 5.76. The summed E-state index contributed by atoms with van der Waals surface area (Å²) in [5.41, 5.74) is 2.25. The van der Waals surface area contributed by atoms with Crippen LogP contribution in [-0.2, 0) is 11.2 Å². The van der Waals surface area contributed by atoms with E-state index in [2.05, 4.69) is 39.8 Å². The zero-order valence-corrected chi connectivity index (χ0v) is 14.5. The second-order valence-electron chi connectivity index (χ2n) is 6.68. The Kier molecular flexibility index (Phi) is 4.78. The lowest BCUT2D eigenvalue weighted by Crippen LogP contribution is -2.26. The van der Waals surface area contributed by atoms with Crippen LogP contribution < -0.4 is 5.32 Å². The van der Waals surface area contributed by atoms with Crippen molar-refractivity contribution in [3.63, 3.8) is 0 Å². The van der Waals surface area contributed by atoms with E-state index < -0.39 is 0 Å². The van der Waals surface area contributed by atoms with Gasteiger partial charge in [0.15, 0.2) is 0 Å². The molecule has 1 aromatic heterocycles. The number of rotatable bonds is 7. The molecule has 0 radical (unpaired) electrons. The molecule has 1 amide bonds. The van der Waals surface area contributed by atoms with Gasteiger partial charge >= 0.3 is 0 Å². The maximum Gasteiger partial charge on any atom is 0.247 e. The van der Waals surface area contributed by atoms with Crippen LogP contribution in [0.15, 0.2) is 65.1 Å². The summed E-state index contributed by atoms with van der Waals surface area (Å²) >= 11 is 0. The van der Waals surface area contributed by atoms with E-state index in [0.29, 0.717) is 36.5 Å². The molecule has 1 aliphatic rings. The van der Waals surface area contributed by atoms with E-state index in [9.17, 15) is 4.79 Å². The molecule has 2 atom stereocenters. The topological polar surface area (TPSA) is 68.0 Å². The van der Waals surface area contributed by atoms with E-state index in [1.807, 2.05) is 36.4 Å². The van der Waals surface area contributed by atoms with Crippen molar-refractivity contribution in [3.05, 3.63) is 72.1 Å². The summed E-state index contributed by atoms with van der Waals surface area (Å²) in [6, 6.07) is 20.1. The van der Waals surface area contributed by atoms with Crippen LogP contribution in [0.4, 0.5) is 0 Å². The minimum absolute atomic E-state index is 0.0307. The summed E-state index contributed by atoms with van der Waals surface area (Å²) in [7, 11) is 0. The van der Waals surface area contributed by atoms with Gasteiger partial charge in [0.2, 0.25) is 17.7 Å². The summed E-state index contributed by atoms with van der Waals surface area (Å²) in [5.74, 6) is 2.15. The van der Waals surface area contributed by atoms with Crippen molar-refractivity contribution in [1.82, 2.24) is 15.5 Å². The molecule has 0 unspecified atom stereocenters. The van der Waals surface area contributed by atoms with Gasteiger partial charge in [0.25, 0.3) is 0 Å². The van der Waals surface area contributed by atoms with Gasteiger partial charge in [-0.05, 0) is 36.0 Å². The Hall–Kier alpha value is -2.95. The molecule has 132 valence electrons. The van der Waals surface area contributed by atoms with Crippen molar-refractivity contribution >= 4 is 5.91 Å². The Labute approximate surface area is 152 Å². The van der Waals surface area contributed by atoms with Gasteiger partial charge in [-0.3, -0.25) is 4.79 Å². The number of aromatic nitrogens is 2. The van der Waals surface area contributed by atoms with E-state index in [4.69, 9.17) is 4.42 Å². The van der Waals surface area contributed by atoms with Crippen molar-refractivity contribution < 1.29 is 9.21 Å². The van der Waals surface area contributed by atoms with Crippen molar-refractivity contribution in [3.8, 4) is 11.5 Å². The number of nitrogens with zero attached hydrogens (tertiary/aromatic N) is 2. The highest BCUT2D eigenvalue weighted by Crippen LogP contribution is 2.46. The predicted octanol–water partition coefficient (Wildman–Crippen LogP) is 3.59. The molecule has 26 heavy (non-hydrogen) atoms. The predicted molar refractivity (Wildman–Crippen MR) is 98.4 cm³/mol.